The molecule has 3 atom stereocenters. The van der Waals surface area contributed by atoms with E-state index < -0.39 is 22.2 Å². The van der Waals surface area contributed by atoms with E-state index in [-0.39, 0.29) is 29.4 Å². The fourth-order valence-electron chi connectivity index (χ4n) is 3.80. The van der Waals surface area contributed by atoms with Gasteiger partial charge in [-0.15, -0.1) is 0 Å². The van der Waals surface area contributed by atoms with E-state index >= 15 is 0 Å². The van der Waals surface area contributed by atoms with E-state index in [0.29, 0.717) is 42.4 Å². The minimum Gasteiger partial charge on any atom is -0.477 e. The van der Waals surface area contributed by atoms with Crippen LogP contribution in [0.5, 0.6) is 0 Å². The maximum Gasteiger partial charge on any atom is 0.410 e. The van der Waals surface area contributed by atoms with E-state index in [1.807, 2.05) is 34.6 Å². The summed E-state index contributed by atoms with van der Waals surface area (Å²) in [5.41, 5.74) is -0.175. The SMILES string of the molecule is C=CN=C(OC1CCN(C(=O)OC(C)(C)C)CC1)C(C)C(C)Nc1ccc(S(=O)C2CC2)cc1F. The van der Waals surface area contributed by atoms with Gasteiger partial charge in [-0.1, -0.05) is 13.5 Å². The van der Waals surface area contributed by atoms with E-state index in [4.69, 9.17) is 9.47 Å². The Kier molecular flexibility index (Phi) is 8.96. The Hall–Kier alpha value is -2.42. The maximum atomic E-state index is 14.7. The predicted molar refractivity (Wildman–Crippen MR) is 138 cm³/mol. The number of nitrogens with one attached hydrogen (secondary N) is 1. The summed E-state index contributed by atoms with van der Waals surface area (Å²) in [6, 6.07) is 4.54. The van der Waals surface area contributed by atoms with Crippen LogP contribution in [0.4, 0.5) is 14.9 Å². The molecule has 1 aliphatic heterocycles. The number of rotatable bonds is 8. The zero-order chi connectivity index (χ0) is 25.8. The molecule has 1 saturated carbocycles. The average Bonchev–Trinajstić information content (AvgIpc) is 3.64. The molecule has 1 aliphatic carbocycles. The van der Waals surface area contributed by atoms with Crippen LogP contribution in [0.15, 0.2) is 40.9 Å². The normalized spacial score (nSPS) is 20.1. The van der Waals surface area contributed by atoms with Crippen molar-refractivity contribution < 1.29 is 22.9 Å². The molecule has 0 spiro atoms. The molecule has 194 valence electrons. The van der Waals surface area contributed by atoms with E-state index in [0.717, 1.165) is 12.8 Å². The molecule has 7 nitrogen and oxygen atoms in total. The quantitative estimate of drug-likeness (QED) is 0.372. The lowest BCUT2D eigenvalue weighted by atomic mass is 10.0. The number of aliphatic imine (C=N–C) groups is 1. The van der Waals surface area contributed by atoms with Gasteiger partial charge >= 0.3 is 6.09 Å². The number of hydrogen-bond donors (Lipinski definition) is 1. The van der Waals surface area contributed by atoms with Crippen molar-refractivity contribution in [3.05, 3.63) is 36.8 Å². The average molecular weight is 508 g/mol. The van der Waals surface area contributed by atoms with Crippen molar-refractivity contribution in [2.75, 3.05) is 18.4 Å². The molecule has 1 heterocycles. The number of hydrogen-bond acceptors (Lipinski definition) is 6. The standard InChI is InChI=1S/C26H38FN3O4S/c1-7-28-24(33-19-12-14-30(15-13-19)25(31)34-26(4,5)6)17(2)18(3)29-23-11-10-21(16-22(23)27)35(32)20-8-9-20/h7,10-11,16-20,29H,1,8-9,12-15H2,2-6H3. The Bertz CT molecular complexity index is 966. The van der Waals surface area contributed by atoms with E-state index in [1.165, 1.54) is 12.3 Å². The van der Waals surface area contributed by atoms with Crippen LogP contribution in [0, 0.1) is 11.7 Å². The van der Waals surface area contributed by atoms with Gasteiger partial charge in [0.2, 0.25) is 0 Å². The highest BCUT2D eigenvalue weighted by Gasteiger charge is 2.31. The van der Waals surface area contributed by atoms with Crippen molar-refractivity contribution in [2.24, 2.45) is 10.9 Å². The number of carbonyl (C=O) groups excluding carboxylic acids is 1. The smallest absolute Gasteiger partial charge is 0.410 e. The molecule has 2 aliphatic rings. The van der Waals surface area contributed by atoms with Crippen molar-refractivity contribution in [3.63, 3.8) is 0 Å². The molecule has 1 amide bonds. The molecule has 2 fully saturated rings. The fourth-order valence-corrected chi connectivity index (χ4v) is 5.17. The van der Waals surface area contributed by atoms with Crippen LogP contribution in [0.1, 0.15) is 60.3 Å². The molecule has 0 radical (unpaired) electrons. The van der Waals surface area contributed by atoms with Crippen LogP contribution in [-0.2, 0) is 20.3 Å². The number of anilines is 1. The van der Waals surface area contributed by atoms with E-state index in [1.54, 1.807) is 17.0 Å². The summed E-state index contributed by atoms with van der Waals surface area (Å²) in [6.45, 7) is 14.2. The Morgan fingerprint density at radius 3 is 2.46 bits per heavy atom. The third kappa shape index (κ3) is 7.78. The van der Waals surface area contributed by atoms with Crippen LogP contribution in [-0.4, -0.2) is 57.2 Å². The minimum atomic E-state index is -1.14. The van der Waals surface area contributed by atoms with Gasteiger partial charge in [0.1, 0.15) is 17.5 Å². The van der Waals surface area contributed by atoms with Crippen LogP contribution in [0.25, 0.3) is 0 Å². The summed E-state index contributed by atoms with van der Waals surface area (Å²) in [5.74, 6) is -0.0765. The lowest BCUT2D eigenvalue weighted by Crippen LogP contribution is -2.44. The third-order valence-corrected chi connectivity index (χ3v) is 7.92. The fraction of sp³-hybridized carbons (Fsp3) is 0.615. The molecule has 3 rings (SSSR count). The number of ether oxygens (including phenoxy) is 2. The first-order valence-electron chi connectivity index (χ1n) is 12.3. The summed E-state index contributed by atoms with van der Waals surface area (Å²) >= 11 is 0. The first-order chi connectivity index (χ1) is 16.5. The summed E-state index contributed by atoms with van der Waals surface area (Å²) in [4.78, 5) is 18.9. The van der Waals surface area contributed by atoms with Gasteiger partial charge in [-0.3, -0.25) is 4.21 Å². The van der Waals surface area contributed by atoms with Gasteiger partial charge in [-0.25, -0.2) is 14.2 Å². The third-order valence-electron chi connectivity index (χ3n) is 6.12. The summed E-state index contributed by atoms with van der Waals surface area (Å²) in [7, 11) is -1.14. The van der Waals surface area contributed by atoms with Crippen LogP contribution in [0.3, 0.4) is 0 Å². The van der Waals surface area contributed by atoms with E-state index in [2.05, 4.69) is 16.9 Å². The number of benzene rings is 1. The van der Waals surface area contributed by atoms with Gasteiger partial charge in [0.05, 0.1) is 22.4 Å². The van der Waals surface area contributed by atoms with Crippen molar-refractivity contribution >= 4 is 28.5 Å². The van der Waals surface area contributed by atoms with Crippen molar-refractivity contribution in [2.45, 2.75) is 88.2 Å². The molecular formula is C26H38FN3O4S. The molecule has 1 aromatic carbocycles. The lowest BCUT2D eigenvalue weighted by Gasteiger charge is -2.34. The summed E-state index contributed by atoms with van der Waals surface area (Å²) in [6.07, 6.45) is 4.25. The Morgan fingerprint density at radius 2 is 1.91 bits per heavy atom. The monoisotopic (exact) mass is 507 g/mol. The van der Waals surface area contributed by atoms with E-state index in [9.17, 15) is 13.4 Å². The van der Waals surface area contributed by atoms with Gasteiger partial charge < -0.3 is 19.7 Å². The predicted octanol–water partition coefficient (Wildman–Crippen LogP) is 5.49. The number of nitrogens with zero attached hydrogens (tertiary/aromatic N) is 2. The molecule has 1 aromatic rings. The van der Waals surface area contributed by atoms with Crippen LogP contribution >= 0.6 is 0 Å². The first-order valence-corrected chi connectivity index (χ1v) is 13.5. The maximum absolute atomic E-state index is 14.7. The summed E-state index contributed by atoms with van der Waals surface area (Å²) < 4.78 is 38.7. The molecule has 0 bridgehead atoms. The Balaban J connectivity index is 1.56. The summed E-state index contributed by atoms with van der Waals surface area (Å²) in [5, 5.41) is 3.37. The van der Waals surface area contributed by atoms with Gasteiger partial charge in [0, 0.05) is 48.3 Å². The van der Waals surface area contributed by atoms with Crippen LogP contribution in [0.2, 0.25) is 0 Å². The highest BCUT2D eigenvalue weighted by molar-refractivity contribution is 7.86. The van der Waals surface area contributed by atoms with Gasteiger partial charge in [-0.2, -0.15) is 0 Å². The minimum absolute atomic E-state index is 0.0875. The van der Waals surface area contributed by atoms with Crippen molar-refractivity contribution in [3.8, 4) is 0 Å². The number of amides is 1. The molecule has 35 heavy (non-hydrogen) atoms. The Morgan fingerprint density at radius 1 is 1.26 bits per heavy atom. The molecule has 3 unspecified atom stereocenters. The van der Waals surface area contributed by atoms with Crippen molar-refractivity contribution in [1.82, 2.24) is 4.90 Å². The second-order valence-electron chi connectivity index (χ2n) is 10.3. The molecular weight excluding hydrogens is 469 g/mol. The number of likely N-dealkylation sites (tertiary alicyclic amines) is 1. The van der Waals surface area contributed by atoms with Gasteiger partial charge in [0.15, 0.2) is 5.90 Å². The topological polar surface area (TPSA) is 80.2 Å². The molecule has 9 heteroatoms. The number of carbonyl (C=O) groups is 1. The highest BCUT2D eigenvalue weighted by atomic mass is 32.2. The zero-order valence-corrected chi connectivity index (χ0v) is 22.2. The zero-order valence-electron chi connectivity index (χ0n) is 21.4. The molecule has 1 N–H and O–H groups in total. The first kappa shape index (κ1) is 27.2. The number of halogens is 1. The lowest BCUT2D eigenvalue weighted by molar-refractivity contribution is 0.0108. The molecule has 1 saturated heterocycles. The van der Waals surface area contributed by atoms with Gasteiger partial charge in [0.25, 0.3) is 0 Å². The second kappa shape index (κ2) is 11.5. The molecule has 0 aromatic heterocycles. The van der Waals surface area contributed by atoms with Gasteiger partial charge in [-0.05, 0) is 58.7 Å². The number of piperidine rings is 1. The Labute approximate surface area is 210 Å². The van der Waals surface area contributed by atoms with Crippen LogP contribution < -0.4 is 5.32 Å². The highest BCUT2D eigenvalue weighted by Crippen LogP contribution is 2.31. The van der Waals surface area contributed by atoms with Crippen molar-refractivity contribution in [1.29, 1.82) is 0 Å². The largest absolute Gasteiger partial charge is 0.477 e. The second-order valence-corrected chi connectivity index (χ2v) is 12.0.